The van der Waals surface area contributed by atoms with Gasteiger partial charge in [-0.05, 0) is 61.7 Å². The second-order valence-corrected chi connectivity index (χ2v) is 8.01. The highest BCUT2D eigenvalue weighted by Crippen LogP contribution is 2.27. The van der Waals surface area contributed by atoms with Gasteiger partial charge in [0, 0.05) is 36.9 Å². The summed E-state index contributed by atoms with van der Waals surface area (Å²) in [7, 11) is 0. The number of benzene rings is 3. The molecule has 4 rings (SSSR count). The van der Waals surface area contributed by atoms with Crippen molar-refractivity contribution < 1.29 is 9.18 Å². The number of halogens is 1. The average Bonchev–Trinajstić information content (AvgIpc) is 2.77. The lowest BCUT2D eigenvalue weighted by molar-refractivity contribution is 0.0958. The molecule has 3 aromatic rings. The number of carbonyl (C=O) groups excluding carboxylic acids is 1. The number of aryl methyl sites for hydroxylation is 1. The van der Waals surface area contributed by atoms with Crippen molar-refractivity contribution in [2.45, 2.75) is 32.4 Å². The first-order valence-electron chi connectivity index (χ1n) is 10.5. The maximum absolute atomic E-state index is 13.4. The van der Waals surface area contributed by atoms with Crippen molar-refractivity contribution in [3.05, 3.63) is 101 Å². The van der Waals surface area contributed by atoms with Gasteiger partial charge in [-0.1, -0.05) is 48.0 Å². The summed E-state index contributed by atoms with van der Waals surface area (Å²) < 4.78 is 13.4. The van der Waals surface area contributed by atoms with Crippen LogP contribution in [0.15, 0.2) is 78.9 Å². The van der Waals surface area contributed by atoms with Gasteiger partial charge >= 0.3 is 0 Å². The fourth-order valence-electron chi connectivity index (χ4n) is 4.11. The van der Waals surface area contributed by atoms with Crippen LogP contribution in [-0.2, 0) is 6.54 Å². The van der Waals surface area contributed by atoms with Gasteiger partial charge in [0.05, 0.1) is 0 Å². The molecule has 0 saturated carbocycles. The van der Waals surface area contributed by atoms with Crippen LogP contribution < -0.4 is 4.90 Å². The summed E-state index contributed by atoms with van der Waals surface area (Å²) in [6.45, 7) is 4.86. The fourth-order valence-corrected chi connectivity index (χ4v) is 4.11. The maximum Gasteiger partial charge on any atom is 0.258 e. The molecule has 1 heterocycles. The molecule has 154 valence electrons. The maximum atomic E-state index is 13.4. The topological polar surface area (TPSA) is 23.6 Å². The van der Waals surface area contributed by atoms with Crippen LogP contribution in [-0.4, -0.2) is 29.9 Å². The summed E-state index contributed by atoms with van der Waals surface area (Å²) in [6.07, 6.45) is 1.82. The lowest BCUT2D eigenvalue weighted by Crippen LogP contribution is -2.47. The third-order valence-corrected chi connectivity index (χ3v) is 5.79. The van der Waals surface area contributed by atoms with Crippen LogP contribution in [0.1, 0.15) is 34.3 Å². The minimum absolute atomic E-state index is 0.0691. The van der Waals surface area contributed by atoms with Crippen LogP contribution in [0, 0.1) is 12.7 Å². The summed E-state index contributed by atoms with van der Waals surface area (Å²) in [5.74, 6) is -0.400. The highest BCUT2D eigenvalue weighted by Gasteiger charge is 2.30. The first kappa shape index (κ1) is 20.3. The molecule has 0 unspecified atom stereocenters. The third kappa shape index (κ3) is 4.77. The lowest BCUT2D eigenvalue weighted by Gasteiger charge is -2.38. The monoisotopic (exact) mass is 402 g/mol. The normalized spacial score (nSPS) is 15.1. The molecule has 0 spiro atoms. The summed E-state index contributed by atoms with van der Waals surface area (Å²) >= 11 is 0. The zero-order chi connectivity index (χ0) is 20.9. The molecule has 1 amide bonds. The van der Waals surface area contributed by atoms with Crippen LogP contribution in [0.5, 0.6) is 0 Å². The molecule has 4 heteroatoms. The van der Waals surface area contributed by atoms with Crippen molar-refractivity contribution in [1.82, 2.24) is 4.90 Å². The van der Waals surface area contributed by atoms with Crippen LogP contribution in [0.4, 0.5) is 10.1 Å². The zero-order valence-electron chi connectivity index (χ0n) is 17.3. The van der Waals surface area contributed by atoms with Gasteiger partial charge in [0.25, 0.3) is 5.91 Å². The molecular weight excluding hydrogens is 375 g/mol. The van der Waals surface area contributed by atoms with Crippen molar-refractivity contribution in [3.8, 4) is 0 Å². The number of amides is 1. The predicted molar refractivity (Wildman–Crippen MR) is 119 cm³/mol. The Labute approximate surface area is 177 Å². The fraction of sp³-hybridized carbons (Fsp3) is 0.269. The first-order chi connectivity index (χ1) is 14.6. The number of carbonyl (C=O) groups is 1. The van der Waals surface area contributed by atoms with Crippen molar-refractivity contribution >= 4 is 11.6 Å². The summed E-state index contributed by atoms with van der Waals surface area (Å²) in [6, 6.07) is 24.5. The van der Waals surface area contributed by atoms with E-state index in [-0.39, 0.29) is 17.8 Å². The summed E-state index contributed by atoms with van der Waals surface area (Å²) in [5, 5.41) is 0. The van der Waals surface area contributed by atoms with E-state index in [2.05, 4.69) is 29.2 Å². The highest BCUT2D eigenvalue weighted by atomic mass is 19.1. The molecule has 0 bridgehead atoms. The number of likely N-dealkylation sites (tertiary alicyclic amines) is 1. The highest BCUT2D eigenvalue weighted by molar-refractivity contribution is 6.06. The second-order valence-electron chi connectivity index (χ2n) is 8.01. The van der Waals surface area contributed by atoms with E-state index >= 15 is 0 Å². The number of anilines is 1. The Balaban J connectivity index is 1.52. The Morgan fingerprint density at radius 2 is 1.57 bits per heavy atom. The molecule has 30 heavy (non-hydrogen) atoms. The molecule has 0 aliphatic carbocycles. The van der Waals surface area contributed by atoms with E-state index in [4.69, 9.17) is 0 Å². The molecule has 0 radical (unpaired) electrons. The molecule has 3 aromatic carbocycles. The van der Waals surface area contributed by atoms with E-state index in [1.165, 1.54) is 17.7 Å². The van der Waals surface area contributed by atoms with Crippen LogP contribution in [0.3, 0.4) is 0 Å². The largest absolute Gasteiger partial charge is 0.305 e. The van der Waals surface area contributed by atoms with E-state index < -0.39 is 0 Å². The Bertz CT molecular complexity index is 962. The predicted octanol–water partition coefficient (Wildman–Crippen LogP) is 5.45. The lowest BCUT2D eigenvalue weighted by atomic mass is 10.00. The number of hydrogen-bond donors (Lipinski definition) is 0. The van der Waals surface area contributed by atoms with Gasteiger partial charge < -0.3 is 4.90 Å². The minimum Gasteiger partial charge on any atom is -0.305 e. The number of hydrogen-bond acceptors (Lipinski definition) is 2. The van der Waals surface area contributed by atoms with Crippen molar-refractivity contribution in [2.75, 3.05) is 18.0 Å². The Hall–Kier alpha value is -2.98. The van der Waals surface area contributed by atoms with E-state index in [0.717, 1.165) is 43.7 Å². The average molecular weight is 403 g/mol. The van der Waals surface area contributed by atoms with Gasteiger partial charge in [-0.25, -0.2) is 4.39 Å². The van der Waals surface area contributed by atoms with Crippen LogP contribution in [0.2, 0.25) is 0 Å². The summed E-state index contributed by atoms with van der Waals surface area (Å²) in [4.78, 5) is 17.8. The third-order valence-electron chi connectivity index (χ3n) is 5.79. The SMILES string of the molecule is Cc1ccc(N(C(=O)c2ccc(F)cc2)C2CCN(Cc3ccccc3)CC2)cc1. The van der Waals surface area contributed by atoms with Gasteiger partial charge in [-0.3, -0.25) is 9.69 Å². The van der Waals surface area contributed by atoms with Gasteiger partial charge in [0.2, 0.25) is 0 Å². The van der Waals surface area contributed by atoms with Crippen molar-refractivity contribution in [3.63, 3.8) is 0 Å². The molecule has 0 N–H and O–H groups in total. The first-order valence-corrected chi connectivity index (χ1v) is 10.5. The number of piperidine rings is 1. The second kappa shape index (κ2) is 9.23. The van der Waals surface area contributed by atoms with E-state index in [9.17, 15) is 9.18 Å². The Morgan fingerprint density at radius 1 is 0.933 bits per heavy atom. The molecular formula is C26H27FN2O. The Morgan fingerprint density at radius 3 is 2.20 bits per heavy atom. The van der Waals surface area contributed by atoms with E-state index in [1.807, 2.05) is 42.2 Å². The van der Waals surface area contributed by atoms with Gasteiger partial charge in [0.15, 0.2) is 0 Å². The molecule has 0 atom stereocenters. The minimum atomic E-state index is -0.331. The molecule has 1 aliphatic heterocycles. The molecule has 1 saturated heterocycles. The Kier molecular flexibility index (Phi) is 6.24. The molecule has 1 fully saturated rings. The standard InChI is InChI=1S/C26H27FN2O/c1-20-7-13-24(14-8-20)29(26(30)22-9-11-23(27)12-10-22)25-15-17-28(18-16-25)19-21-5-3-2-4-6-21/h2-14,25H,15-19H2,1H3. The van der Waals surface area contributed by atoms with E-state index in [1.54, 1.807) is 12.1 Å². The van der Waals surface area contributed by atoms with E-state index in [0.29, 0.717) is 5.56 Å². The molecule has 0 aromatic heterocycles. The van der Waals surface area contributed by atoms with Crippen LogP contribution in [0.25, 0.3) is 0 Å². The zero-order valence-corrected chi connectivity index (χ0v) is 17.3. The number of rotatable bonds is 5. The summed E-state index contributed by atoms with van der Waals surface area (Å²) in [5.41, 5.74) is 3.89. The van der Waals surface area contributed by atoms with Gasteiger partial charge in [-0.15, -0.1) is 0 Å². The van der Waals surface area contributed by atoms with Gasteiger partial charge in [0.1, 0.15) is 5.82 Å². The van der Waals surface area contributed by atoms with Crippen LogP contribution >= 0.6 is 0 Å². The number of nitrogens with zero attached hydrogens (tertiary/aromatic N) is 2. The quantitative estimate of drug-likeness (QED) is 0.567. The smallest absolute Gasteiger partial charge is 0.258 e. The van der Waals surface area contributed by atoms with Gasteiger partial charge in [-0.2, -0.15) is 0 Å². The van der Waals surface area contributed by atoms with Crippen molar-refractivity contribution in [2.24, 2.45) is 0 Å². The molecule has 1 aliphatic rings. The van der Waals surface area contributed by atoms with Crippen molar-refractivity contribution in [1.29, 1.82) is 0 Å². The molecule has 3 nitrogen and oxygen atoms in total.